The number of fused-ring (bicyclic) bond motifs is 1. The number of hydrogen-bond donors (Lipinski definition) is 0. The number of rotatable bonds is 7. The molecule has 0 bridgehead atoms. The molecule has 0 aliphatic carbocycles. The van der Waals surface area contributed by atoms with Gasteiger partial charge in [0.15, 0.2) is 0 Å². The van der Waals surface area contributed by atoms with Crippen LogP contribution in [0.5, 0.6) is 5.75 Å². The van der Waals surface area contributed by atoms with Crippen molar-refractivity contribution in [2.45, 2.75) is 65.5 Å². The summed E-state index contributed by atoms with van der Waals surface area (Å²) in [5.41, 5.74) is 1.01. The molecule has 9 heteroatoms. The zero-order valence-electron chi connectivity index (χ0n) is 21.3. The molecule has 37 heavy (non-hydrogen) atoms. The summed E-state index contributed by atoms with van der Waals surface area (Å²) in [7, 11) is 0. The predicted molar refractivity (Wildman–Crippen MR) is 139 cm³/mol. The lowest BCUT2D eigenvalue weighted by atomic mass is 10.1. The van der Waals surface area contributed by atoms with Crippen molar-refractivity contribution in [1.29, 1.82) is 0 Å². The summed E-state index contributed by atoms with van der Waals surface area (Å²) < 4.78 is 52.4. The van der Waals surface area contributed by atoms with E-state index in [0.29, 0.717) is 22.7 Å². The Balaban J connectivity index is 1.55. The minimum Gasteiger partial charge on any atom is -0.485 e. The summed E-state index contributed by atoms with van der Waals surface area (Å²) in [4.78, 5) is 17.9. The predicted octanol–water partition coefficient (Wildman–Crippen LogP) is 7.96. The van der Waals surface area contributed by atoms with Crippen LogP contribution >= 0.6 is 11.3 Å². The van der Waals surface area contributed by atoms with Crippen molar-refractivity contribution in [3.05, 3.63) is 70.9 Å². The van der Waals surface area contributed by atoms with Crippen LogP contribution in [0.1, 0.15) is 56.4 Å². The molecule has 0 saturated heterocycles. The Kier molecular flexibility index (Phi) is 7.37. The minimum absolute atomic E-state index is 0.0892. The third-order valence-electron chi connectivity index (χ3n) is 5.70. The fraction of sp³-hybridized carbons (Fsp3) is 0.357. The number of ether oxygens (including phenoxy) is 2. The highest BCUT2D eigenvalue weighted by molar-refractivity contribution is 7.15. The molecule has 5 nitrogen and oxygen atoms in total. The maximum absolute atomic E-state index is 12.9. The van der Waals surface area contributed by atoms with Gasteiger partial charge >= 0.3 is 12.1 Å². The largest absolute Gasteiger partial charge is 0.485 e. The van der Waals surface area contributed by atoms with Crippen LogP contribution in [0.25, 0.3) is 21.5 Å². The van der Waals surface area contributed by atoms with E-state index in [9.17, 15) is 18.0 Å². The van der Waals surface area contributed by atoms with Crippen LogP contribution in [-0.2, 0) is 22.3 Å². The van der Waals surface area contributed by atoms with Crippen LogP contribution in [0.15, 0.2) is 54.7 Å². The number of esters is 1. The second kappa shape index (κ2) is 10.2. The molecule has 4 aromatic rings. The summed E-state index contributed by atoms with van der Waals surface area (Å²) in [6.45, 7) is 9.47. The molecule has 1 atom stereocenters. The molecule has 2 aromatic heterocycles. The highest BCUT2D eigenvalue weighted by Gasteiger charge is 2.30. The molecule has 0 aliphatic heterocycles. The van der Waals surface area contributed by atoms with E-state index in [2.05, 4.69) is 4.98 Å². The van der Waals surface area contributed by atoms with Crippen molar-refractivity contribution in [2.24, 2.45) is 0 Å². The van der Waals surface area contributed by atoms with Crippen LogP contribution in [-0.4, -0.2) is 21.1 Å². The van der Waals surface area contributed by atoms with E-state index in [1.54, 1.807) is 0 Å². The average Bonchev–Trinajstić information content (AvgIpc) is 3.39. The van der Waals surface area contributed by atoms with Crippen molar-refractivity contribution in [2.75, 3.05) is 0 Å². The average molecular weight is 531 g/mol. The first kappa shape index (κ1) is 26.7. The minimum atomic E-state index is -4.38. The highest BCUT2D eigenvalue weighted by atomic mass is 32.1. The van der Waals surface area contributed by atoms with Gasteiger partial charge in [0.1, 0.15) is 29.0 Å². The van der Waals surface area contributed by atoms with Crippen LogP contribution in [0.3, 0.4) is 0 Å². The molecule has 0 fully saturated rings. The number of carbonyl (C=O) groups excluding carboxylic acids is 1. The Morgan fingerprint density at radius 2 is 1.78 bits per heavy atom. The summed E-state index contributed by atoms with van der Waals surface area (Å²) in [5, 5.41) is 1.62. The van der Waals surface area contributed by atoms with E-state index in [-0.39, 0.29) is 18.6 Å². The monoisotopic (exact) mass is 530 g/mol. The van der Waals surface area contributed by atoms with Crippen molar-refractivity contribution in [3.8, 4) is 16.3 Å². The fourth-order valence-electron chi connectivity index (χ4n) is 4.01. The van der Waals surface area contributed by atoms with E-state index in [1.165, 1.54) is 23.5 Å². The van der Waals surface area contributed by atoms with E-state index in [1.807, 2.05) is 69.6 Å². The molecule has 2 heterocycles. The standard InChI is InChI=1S/C28H29F3N2O3S/c1-6-23(25-17(2)32-26(37-25)19-7-10-20(11-8-19)28(29,30)31)35-21-12-9-18-13-14-33(22(18)15-21)16-24(34)36-27(3,4)5/h7-15,23H,6,16H2,1-5H3/t23-/m0/s1. The summed E-state index contributed by atoms with van der Waals surface area (Å²) in [6.07, 6.45) is -2.14. The molecule has 0 amide bonds. The van der Waals surface area contributed by atoms with E-state index >= 15 is 0 Å². The first-order chi connectivity index (χ1) is 17.3. The Hall–Kier alpha value is -3.33. The highest BCUT2D eigenvalue weighted by Crippen LogP contribution is 2.37. The Morgan fingerprint density at radius 3 is 2.41 bits per heavy atom. The molecule has 0 saturated carbocycles. The Labute approximate surface area is 217 Å². The molecule has 0 spiro atoms. The summed E-state index contributed by atoms with van der Waals surface area (Å²) in [5.74, 6) is 0.325. The van der Waals surface area contributed by atoms with Gasteiger partial charge in [-0.1, -0.05) is 19.1 Å². The van der Waals surface area contributed by atoms with Gasteiger partial charge in [0.25, 0.3) is 0 Å². The van der Waals surface area contributed by atoms with E-state index in [4.69, 9.17) is 9.47 Å². The lowest BCUT2D eigenvalue weighted by molar-refractivity contribution is -0.155. The lowest BCUT2D eigenvalue weighted by Crippen LogP contribution is -2.26. The number of aryl methyl sites for hydroxylation is 1. The number of nitrogens with zero attached hydrogens (tertiary/aromatic N) is 2. The number of alkyl halides is 3. The van der Waals surface area contributed by atoms with Gasteiger partial charge in [-0.25, -0.2) is 4.98 Å². The second-order valence-electron chi connectivity index (χ2n) is 9.81. The maximum atomic E-state index is 12.9. The van der Waals surface area contributed by atoms with Crippen molar-refractivity contribution >= 4 is 28.2 Å². The van der Waals surface area contributed by atoms with Gasteiger partial charge in [-0.15, -0.1) is 11.3 Å². The van der Waals surface area contributed by atoms with Gasteiger partial charge in [-0.05, 0) is 69.8 Å². The first-order valence-electron chi connectivity index (χ1n) is 12.0. The van der Waals surface area contributed by atoms with Gasteiger partial charge in [-0.2, -0.15) is 13.2 Å². The summed E-state index contributed by atoms with van der Waals surface area (Å²) in [6, 6.07) is 12.7. The number of halogens is 3. The first-order valence-corrected chi connectivity index (χ1v) is 12.8. The molecule has 2 aromatic carbocycles. The van der Waals surface area contributed by atoms with E-state index < -0.39 is 17.3 Å². The van der Waals surface area contributed by atoms with Gasteiger partial charge in [0, 0.05) is 17.8 Å². The maximum Gasteiger partial charge on any atom is 0.416 e. The zero-order chi connectivity index (χ0) is 27.0. The fourth-order valence-corrected chi connectivity index (χ4v) is 5.19. The number of benzene rings is 2. The molecule has 0 N–H and O–H groups in total. The van der Waals surface area contributed by atoms with Gasteiger partial charge in [0.05, 0.1) is 21.7 Å². The molecular formula is C28H29F3N2O3S. The van der Waals surface area contributed by atoms with Crippen LogP contribution in [0, 0.1) is 6.92 Å². The molecule has 0 aliphatic rings. The van der Waals surface area contributed by atoms with Crippen molar-refractivity contribution < 1.29 is 27.4 Å². The van der Waals surface area contributed by atoms with E-state index in [0.717, 1.165) is 33.6 Å². The normalized spacial score (nSPS) is 13.1. The molecule has 0 radical (unpaired) electrons. The van der Waals surface area contributed by atoms with Gasteiger partial charge in [0.2, 0.25) is 0 Å². The quantitative estimate of drug-likeness (QED) is 0.228. The van der Waals surface area contributed by atoms with Crippen molar-refractivity contribution in [1.82, 2.24) is 9.55 Å². The topological polar surface area (TPSA) is 53.4 Å². The molecule has 0 unspecified atom stereocenters. The number of thiazole rings is 1. The number of hydrogen-bond acceptors (Lipinski definition) is 5. The third-order valence-corrected chi connectivity index (χ3v) is 7.00. The van der Waals surface area contributed by atoms with Gasteiger partial charge in [-0.3, -0.25) is 4.79 Å². The Bertz CT molecular complexity index is 1400. The number of aromatic nitrogens is 2. The molecule has 4 rings (SSSR count). The zero-order valence-corrected chi connectivity index (χ0v) is 22.2. The SMILES string of the molecule is CC[C@H](Oc1ccc2ccn(CC(=O)OC(C)(C)C)c2c1)c1sc(-c2ccc(C(F)(F)F)cc2)nc1C. The Morgan fingerprint density at radius 1 is 1.08 bits per heavy atom. The van der Waals surface area contributed by atoms with Gasteiger partial charge < -0.3 is 14.0 Å². The molecule has 196 valence electrons. The second-order valence-corrected chi connectivity index (χ2v) is 10.8. The van der Waals surface area contributed by atoms with Crippen LogP contribution < -0.4 is 4.74 Å². The summed E-state index contributed by atoms with van der Waals surface area (Å²) >= 11 is 1.42. The van der Waals surface area contributed by atoms with Crippen molar-refractivity contribution in [3.63, 3.8) is 0 Å². The lowest BCUT2D eigenvalue weighted by Gasteiger charge is -2.20. The smallest absolute Gasteiger partial charge is 0.416 e. The molecular weight excluding hydrogens is 501 g/mol. The van der Waals surface area contributed by atoms with Crippen LogP contribution in [0.4, 0.5) is 13.2 Å². The van der Waals surface area contributed by atoms with Crippen LogP contribution in [0.2, 0.25) is 0 Å². The third kappa shape index (κ3) is 6.33. The number of carbonyl (C=O) groups is 1.